The van der Waals surface area contributed by atoms with Gasteiger partial charge in [-0.05, 0) is 23.3 Å². The minimum atomic E-state index is -0.822. The molecule has 12 heteroatoms. The lowest BCUT2D eigenvalue weighted by atomic mass is 9.91. The van der Waals surface area contributed by atoms with Crippen LogP contribution in [0.3, 0.4) is 0 Å². The van der Waals surface area contributed by atoms with Crippen molar-refractivity contribution >= 4 is 11.9 Å². The molecule has 2 atom stereocenters. The van der Waals surface area contributed by atoms with E-state index in [0.717, 1.165) is 11.1 Å². The number of fused-ring (bicyclic) bond motifs is 3. The number of rotatable bonds is 20. The van der Waals surface area contributed by atoms with Gasteiger partial charge in [0.15, 0.2) is 23.0 Å². The fraction of sp³-hybridized carbons (Fsp3) is 0.261. The number of cyclic esters (lactones) is 2. The maximum absolute atomic E-state index is 14.6. The van der Waals surface area contributed by atoms with Crippen LogP contribution >= 0.6 is 0 Å². The number of hydrogen-bond donors (Lipinski definition) is 0. The zero-order valence-electron chi connectivity index (χ0n) is 32.8. The molecule has 0 aliphatic carbocycles. The molecule has 0 bridgehead atoms. The van der Waals surface area contributed by atoms with Gasteiger partial charge in [0.25, 0.3) is 0 Å². The van der Waals surface area contributed by atoms with Crippen molar-refractivity contribution in [1.82, 2.24) is 0 Å². The van der Waals surface area contributed by atoms with Gasteiger partial charge in [-0.1, -0.05) is 111 Å². The van der Waals surface area contributed by atoms with Gasteiger partial charge >= 0.3 is 11.9 Å². The van der Waals surface area contributed by atoms with Crippen molar-refractivity contribution in [2.75, 3.05) is 53.9 Å². The first kappa shape index (κ1) is 42.6. The molecule has 12 nitrogen and oxygen atoms in total. The number of carbonyl (C=O) groups is 2. The maximum atomic E-state index is 14.6. The number of methoxy groups -OCH3 is 2. The van der Waals surface area contributed by atoms with Crippen LogP contribution in [0.1, 0.15) is 31.8 Å². The smallest absolute Gasteiger partial charge is 0.339 e. The van der Waals surface area contributed by atoms with E-state index in [2.05, 4.69) is 26.3 Å². The Morgan fingerprint density at radius 2 is 0.897 bits per heavy atom. The lowest BCUT2D eigenvalue weighted by Crippen LogP contribution is -2.39. The second kappa shape index (κ2) is 21.7. The molecule has 0 saturated carbocycles. The van der Waals surface area contributed by atoms with Crippen molar-refractivity contribution in [3.05, 3.63) is 146 Å². The molecule has 0 radical (unpaired) electrons. The third kappa shape index (κ3) is 10.5. The van der Waals surface area contributed by atoms with Crippen LogP contribution < -0.4 is 28.4 Å². The van der Waals surface area contributed by atoms with Crippen LogP contribution in [0.25, 0.3) is 11.1 Å². The Kier molecular flexibility index (Phi) is 16.0. The Morgan fingerprint density at radius 1 is 0.534 bits per heavy atom. The van der Waals surface area contributed by atoms with E-state index in [1.165, 1.54) is 38.5 Å². The fourth-order valence-electron chi connectivity index (χ4n) is 5.98. The first-order chi connectivity index (χ1) is 28.4. The maximum Gasteiger partial charge on any atom is 0.339 e. The van der Waals surface area contributed by atoms with E-state index >= 15 is 0 Å². The van der Waals surface area contributed by atoms with Crippen molar-refractivity contribution in [3.8, 4) is 45.6 Å². The topological polar surface area (TPSA) is 126 Å². The van der Waals surface area contributed by atoms with Gasteiger partial charge in [0.05, 0.1) is 11.1 Å². The summed E-state index contributed by atoms with van der Waals surface area (Å²) in [5.41, 5.74) is 1.59. The molecule has 5 rings (SSSR count). The summed E-state index contributed by atoms with van der Waals surface area (Å²) in [5, 5.41) is 0. The van der Waals surface area contributed by atoms with Gasteiger partial charge in [0.2, 0.25) is 11.5 Å². The molecular weight excluding hydrogens is 744 g/mol. The Balaban J connectivity index is 1.93. The van der Waals surface area contributed by atoms with Gasteiger partial charge in [0, 0.05) is 25.3 Å². The molecule has 0 saturated heterocycles. The molecule has 1 heterocycles. The van der Waals surface area contributed by atoms with Crippen LogP contribution in [0, 0.1) is 0 Å². The highest BCUT2D eigenvalue weighted by atomic mass is 16.6. The average molecular weight is 793 g/mol. The van der Waals surface area contributed by atoms with Gasteiger partial charge in [-0.15, -0.1) is 0 Å². The highest BCUT2D eigenvalue weighted by Crippen LogP contribution is 2.55. The van der Waals surface area contributed by atoms with Crippen molar-refractivity contribution in [3.63, 3.8) is 0 Å². The zero-order valence-corrected chi connectivity index (χ0v) is 32.8. The fourth-order valence-corrected chi connectivity index (χ4v) is 5.98. The van der Waals surface area contributed by atoms with Gasteiger partial charge in [-0.3, -0.25) is 0 Å². The highest BCUT2D eigenvalue weighted by Gasteiger charge is 2.37. The molecule has 304 valence electrons. The summed E-state index contributed by atoms with van der Waals surface area (Å²) in [6.45, 7) is 14.9. The quantitative estimate of drug-likeness (QED) is 0.0634. The molecule has 0 spiro atoms. The van der Waals surface area contributed by atoms with Crippen LogP contribution in [0.15, 0.2) is 123 Å². The lowest BCUT2D eigenvalue weighted by Gasteiger charge is -2.28. The minimum absolute atomic E-state index is 0.00531. The Labute approximate surface area is 338 Å². The normalized spacial score (nSPS) is 15.1. The van der Waals surface area contributed by atoms with Crippen molar-refractivity contribution in [1.29, 1.82) is 0 Å². The predicted molar refractivity (Wildman–Crippen MR) is 218 cm³/mol. The Bertz CT molecular complexity index is 1900. The summed E-state index contributed by atoms with van der Waals surface area (Å²) in [6.07, 6.45) is 4.50. The third-order valence-electron chi connectivity index (χ3n) is 8.73. The van der Waals surface area contributed by atoms with E-state index in [9.17, 15) is 9.59 Å². The zero-order chi connectivity index (χ0) is 41.3. The van der Waals surface area contributed by atoms with E-state index in [1.807, 2.05) is 60.7 Å². The van der Waals surface area contributed by atoms with E-state index in [-0.39, 0.29) is 110 Å². The molecule has 4 aromatic rings. The molecule has 4 aromatic carbocycles. The van der Waals surface area contributed by atoms with Crippen LogP contribution in [-0.4, -0.2) is 78.0 Å². The predicted octanol–water partition coefficient (Wildman–Crippen LogP) is 8.13. The standard InChI is InChI=1S/C46H48O12/c1-7-21-51-35-25-33-39(43(53-23-9-3)41(35)55-27-31-17-13-11-14-18-31)40-34(46(48)58-30-38(50-6)37(49-5)29-57-45(33)47)26-36(52-22-8-2)42(44(40)54-24-10-4)56-28-32-19-15-12-16-20-32/h7-20,25-26,37-38H,1-4,21-24,27-30H2,5-6H3/t37-,38-/m0/s1. The van der Waals surface area contributed by atoms with Crippen LogP contribution in [0.2, 0.25) is 0 Å². The van der Waals surface area contributed by atoms with Crippen molar-refractivity contribution in [2.24, 2.45) is 0 Å². The molecule has 0 amide bonds. The summed E-state index contributed by atoms with van der Waals surface area (Å²) in [5.74, 6) is -1.17. The number of carbonyl (C=O) groups excluding carboxylic acids is 2. The van der Waals surface area contributed by atoms with Crippen LogP contribution in [-0.2, 0) is 32.2 Å². The monoisotopic (exact) mass is 792 g/mol. The minimum Gasteiger partial charge on any atom is -0.485 e. The molecule has 0 aromatic heterocycles. The number of ether oxygens (including phenoxy) is 10. The van der Waals surface area contributed by atoms with E-state index in [0.29, 0.717) is 0 Å². The van der Waals surface area contributed by atoms with Crippen LogP contribution in [0.5, 0.6) is 34.5 Å². The van der Waals surface area contributed by atoms with Crippen molar-refractivity contribution in [2.45, 2.75) is 25.4 Å². The molecule has 1 aliphatic rings. The van der Waals surface area contributed by atoms with E-state index < -0.39 is 24.1 Å². The summed E-state index contributed by atoms with van der Waals surface area (Å²) in [4.78, 5) is 29.2. The van der Waals surface area contributed by atoms with Gasteiger partial charge in [-0.2, -0.15) is 0 Å². The SMILES string of the molecule is C=CCOc1cc2c(c(OCC=C)c1OCc1ccccc1)-c1c(cc(OCC=C)c(OCc3ccccc3)c1OCC=C)C(=O)OC[C@H](OC)[C@@H](OC)COC2=O. The van der Waals surface area contributed by atoms with E-state index in [4.69, 9.17) is 47.4 Å². The molecule has 0 unspecified atom stereocenters. The van der Waals surface area contributed by atoms with Crippen LogP contribution in [0.4, 0.5) is 0 Å². The molecule has 0 fully saturated rings. The molecule has 58 heavy (non-hydrogen) atoms. The molecule has 1 aliphatic heterocycles. The lowest BCUT2D eigenvalue weighted by molar-refractivity contribution is -0.0862. The first-order valence-electron chi connectivity index (χ1n) is 18.5. The second-order valence-corrected chi connectivity index (χ2v) is 12.6. The molecule has 0 N–H and O–H groups in total. The second-order valence-electron chi connectivity index (χ2n) is 12.6. The summed E-state index contributed by atoms with van der Waals surface area (Å²) in [6, 6.07) is 21.8. The number of benzene rings is 4. The highest BCUT2D eigenvalue weighted by molar-refractivity contribution is 6.08. The van der Waals surface area contributed by atoms with Gasteiger partial charge in [0.1, 0.15) is 65.1 Å². The third-order valence-corrected chi connectivity index (χ3v) is 8.73. The number of esters is 2. The van der Waals surface area contributed by atoms with Gasteiger partial charge in [-0.25, -0.2) is 9.59 Å². The summed E-state index contributed by atoms with van der Waals surface area (Å²) >= 11 is 0. The Morgan fingerprint density at radius 3 is 1.24 bits per heavy atom. The number of hydrogen-bond acceptors (Lipinski definition) is 12. The van der Waals surface area contributed by atoms with Gasteiger partial charge < -0.3 is 47.4 Å². The average Bonchev–Trinajstić information content (AvgIpc) is 3.25. The Hall–Kier alpha value is -6.50. The van der Waals surface area contributed by atoms with E-state index in [1.54, 1.807) is 12.2 Å². The largest absolute Gasteiger partial charge is 0.485 e. The summed E-state index contributed by atoms with van der Waals surface area (Å²) < 4.78 is 61.4. The summed E-state index contributed by atoms with van der Waals surface area (Å²) in [7, 11) is 2.87. The molecular formula is C46H48O12. The van der Waals surface area contributed by atoms with Crippen molar-refractivity contribution < 1.29 is 57.0 Å². The first-order valence-corrected chi connectivity index (χ1v) is 18.5.